The molecule has 38 heavy (non-hydrogen) atoms. The second kappa shape index (κ2) is 12.0. The predicted molar refractivity (Wildman–Crippen MR) is 148 cm³/mol. The summed E-state index contributed by atoms with van der Waals surface area (Å²) in [5.74, 6) is 1.06. The number of sulfonamides is 1. The highest BCUT2D eigenvalue weighted by atomic mass is 32.2. The van der Waals surface area contributed by atoms with Gasteiger partial charge in [-0.3, -0.25) is 13.9 Å². The Hall–Kier alpha value is -3.38. The maximum atomic E-state index is 13.5. The molecule has 11 nitrogen and oxygen atoms in total. The van der Waals surface area contributed by atoms with Crippen molar-refractivity contribution in [3.63, 3.8) is 0 Å². The molecule has 3 aromatic rings. The first-order valence-corrected chi connectivity index (χ1v) is 14.2. The third kappa shape index (κ3) is 5.14. The highest BCUT2D eigenvalue weighted by Gasteiger charge is 2.26. The summed E-state index contributed by atoms with van der Waals surface area (Å²) >= 11 is 0. The molecule has 0 spiro atoms. The van der Waals surface area contributed by atoms with Crippen LogP contribution in [0.25, 0.3) is 23.3 Å². The monoisotopic (exact) mass is 547 g/mol. The van der Waals surface area contributed by atoms with Crippen LogP contribution < -0.4 is 20.7 Å². The van der Waals surface area contributed by atoms with Gasteiger partial charge in [-0.15, -0.1) is 0 Å². The molecule has 0 N–H and O–H groups in total. The Bertz CT molecular complexity index is 1560. The van der Waals surface area contributed by atoms with Crippen molar-refractivity contribution in [2.45, 2.75) is 58.5 Å². The van der Waals surface area contributed by atoms with E-state index in [2.05, 4.69) is 4.98 Å². The molecule has 0 saturated carbocycles. The third-order valence-corrected chi connectivity index (χ3v) is 8.53. The average Bonchev–Trinajstić information content (AvgIpc) is 3.23. The summed E-state index contributed by atoms with van der Waals surface area (Å²) < 4.78 is 43.5. The molecule has 2 heterocycles. The molecular weight excluding hydrogens is 510 g/mol. The lowest BCUT2D eigenvalue weighted by Gasteiger charge is -2.21. The fourth-order valence-corrected chi connectivity index (χ4v) is 6.11. The van der Waals surface area contributed by atoms with E-state index in [1.807, 2.05) is 13.8 Å². The van der Waals surface area contributed by atoms with Gasteiger partial charge >= 0.3 is 5.69 Å². The number of hydrogen-bond donors (Lipinski definition) is 0. The maximum absolute atomic E-state index is 13.5. The van der Waals surface area contributed by atoms with Gasteiger partial charge in [0, 0.05) is 39.3 Å². The first kappa shape index (κ1) is 29.2. The first-order valence-electron chi connectivity index (χ1n) is 12.7. The molecule has 0 aliphatic heterocycles. The van der Waals surface area contributed by atoms with Gasteiger partial charge in [0.05, 0.1) is 19.1 Å². The normalized spacial score (nSPS) is 12.2. The van der Waals surface area contributed by atoms with E-state index in [-0.39, 0.29) is 16.3 Å². The number of methoxy groups -OCH3 is 2. The summed E-state index contributed by atoms with van der Waals surface area (Å²) in [6.07, 6.45) is 4.58. The van der Waals surface area contributed by atoms with Crippen LogP contribution in [0, 0.1) is 0 Å². The Morgan fingerprint density at radius 3 is 2.05 bits per heavy atom. The fourth-order valence-electron chi connectivity index (χ4n) is 4.47. The number of aromatic nitrogens is 4. The van der Waals surface area contributed by atoms with E-state index in [1.165, 1.54) is 33.7 Å². The van der Waals surface area contributed by atoms with E-state index >= 15 is 0 Å². The lowest BCUT2D eigenvalue weighted by molar-refractivity contribution is 0.353. The third-order valence-electron chi connectivity index (χ3n) is 6.42. The predicted octanol–water partition coefficient (Wildman–Crippen LogP) is 2.93. The van der Waals surface area contributed by atoms with Crippen LogP contribution in [0.2, 0.25) is 0 Å². The highest BCUT2D eigenvalue weighted by Crippen LogP contribution is 2.35. The zero-order valence-corrected chi connectivity index (χ0v) is 24.0. The SMILES string of the molecule is CCCn1c(=O)c2c(nc(C=Cc3cc(OC)c(OC)cc3S(=O)(=O)N(CC)CC)n2C)n(CCC)c1=O. The minimum Gasteiger partial charge on any atom is -0.493 e. The van der Waals surface area contributed by atoms with Crippen LogP contribution in [0.15, 0.2) is 26.6 Å². The van der Waals surface area contributed by atoms with Crippen LogP contribution in [0.3, 0.4) is 0 Å². The Balaban J connectivity index is 2.28. The van der Waals surface area contributed by atoms with Crippen molar-refractivity contribution < 1.29 is 17.9 Å². The lowest BCUT2D eigenvalue weighted by atomic mass is 10.2. The van der Waals surface area contributed by atoms with Crippen LogP contribution in [-0.4, -0.2) is 58.7 Å². The Morgan fingerprint density at radius 1 is 0.921 bits per heavy atom. The molecule has 0 saturated heterocycles. The highest BCUT2D eigenvalue weighted by molar-refractivity contribution is 7.89. The summed E-state index contributed by atoms with van der Waals surface area (Å²) in [6.45, 7) is 8.75. The number of nitrogens with zero attached hydrogens (tertiary/aromatic N) is 5. The molecule has 0 bridgehead atoms. The van der Waals surface area contributed by atoms with Gasteiger partial charge in [-0.2, -0.15) is 4.31 Å². The van der Waals surface area contributed by atoms with E-state index in [4.69, 9.17) is 9.47 Å². The molecule has 0 atom stereocenters. The van der Waals surface area contributed by atoms with Crippen LogP contribution in [0.1, 0.15) is 51.9 Å². The van der Waals surface area contributed by atoms with E-state index in [1.54, 1.807) is 43.7 Å². The minimum absolute atomic E-state index is 0.0575. The second-order valence-corrected chi connectivity index (χ2v) is 10.7. The van der Waals surface area contributed by atoms with Gasteiger partial charge in [-0.1, -0.05) is 27.7 Å². The minimum atomic E-state index is -3.85. The van der Waals surface area contributed by atoms with Crippen molar-refractivity contribution >= 4 is 33.3 Å². The van der Waals surface area contributed by atoms with Gasteiger partial charge in [0.2, 0.25) is 10.0 Å². The number of hydrogen-bond acceptors (Lipinski definition) is 7. The van der Waals surface area contributed by atoms with Gasteiger partial charge in [0.1, 0.15) is 5.82 Å². The average molecular weight is 548 g/mol. The quantitative estimate of drug-likeness (QED) is 0.342. The van der Waals surface area contributed by atoms with E-state index in [0.717, 1.165) is 0 Å². The molecule has 0 unspecified atom stereocenters. The standard InChI is InChI=1S/C26H37N5O6S/c1-8-14-30-24-23(25(32)31(15-9-2)26(30)33)28(5)22(27-24)13-12-18-16-19(36-6)20(37-7)17-21(18)38(34,35)29(10-3)11-4/h12-13,16-17H,8-11,14-15H2,1-7H3. The van der Waals surface area contributed by atoms with Crippen molar-refractivity contribution in [2.75, 3.05) is 27.3 Å². The smallest absolute Gasteiger partial charge is 0.332 e. The summed E-state index contributed by atoms with van der Waals surface area (Å²) in [5.41, 5.74) is 0.210. The molecule has 0 fully saturated rings. The van der Waals surface area contributed by atoms with E-state index in [0.29, 0.717) is 67.3 Å². The molecule has 1 aromatic carbocycles. The molecule has 208 valence electrons. The van der Waals surface area contributed by atoms with Crippen LogP contribution >= 0.6 is 0 Å². The molecule has 0 radical (unpaired) electrons. The largest absolute Gasteiger partial charge is 0.493 e. The Kier molecular flexibility index (Phi) is 9.21. The molecular formula is C26H37N5O6S. The van der Waals surface area contributed by atoms with Gasteiger partial charge in [0.15, 0.2) is 22.7 Å². The number of benzene rings is 1. The van der Waals surface area contributed by atoms with Crippen LogP contribution in [-0.2, 0) is 30.2 Å². The van der Waals surface area contributed by atoms with Crippen LogP contribution in [0.5, 0.6) is 11.5 Å². The number of ether oxygens (including phenoxy) is 2. The molecule has 3 rings (SSSR count). The summed E-state index contributed by atoms with van der Waals surface area (Å²) in [6, 6.07) is 3.04. The van der Waals surface area contributed by atoms with Gasteiger partial charge in [-0.25, -0.2) is 18.2 Å². The maximum Gasteiger partial charge on any atom is 0.332 e. The van der Waals surface area contributed by atoms with Crippen molar-refractivity contribution in [3.8, 4) is 11.5 Å². The number of fused-ring (bicyclic) bond motifs is 1. The van der Waals surface area contributed by atoms with Crippen molar-refractivity contribution in [2.24, 2.45) is 7.05 Å². The Labute approximate surface area is 223 Å². The van der Waals surface area contributed by atoms with Crippen molar-refractivity contribution in [1.29, 1.82) is 0 Å². The van der Waals surface area contributed by atoms with Gasteiger partial charge < -0.3 is 14.0 Å². The zero-order valence-electron chi connectivity index (χ0n) is 23.1. The van der Waals surface area contributed by atoms with Gasteiger partial charge in [-0.05, 0) is 36.6 Å². The summed E-state index contributed by atoms with van der Waals surface area (Å²) in [5, 5.41) is 0. The second-order valence-electron chi connectivity index (χ2n) is 8.76. The van der Waals surface area contributed by atoms with Crippen LogP contribution in [0.4, 0.5) is 0 Å². The fraction of sp³-hybridized carbons (Fsp3) is 0.500. The molecule has 0 aliphatic carbocycles. The molecule has 12 heteroatoms. The molecule has 0 amide bonds. The number of rotatable bonds is 12. The topological polar surface area (TPSA) is 118 Å². The zero-order chi connectivity index (χ0) is 28.2. The molecule has 0 aliphatic rings. The number of imidazole rings is 1. The Morgan fingerprint density at radius 2 is 1.50 bits per heavy atom. The lowest BCUT2D eigenvalue weighted by Crippen LogP contribution is -2.40. The van der Waals surface area contributed by atoms with Crippen molar-refractivity contribution in [3.05, 3.63) is 44.4 Å². The number of aryl methyl sites for hydroxylation is 2. The molecule has 2 aromatic heterocycles. The summed E-state index contributed by atoms with van der Waals surface area (Å²) in [7, 11) is 0.780. The van der Waals surface area contributed by atoms with Gasteiger partial charge in [0.25, 0.3) is 5.56 Å². The van der Waals surface area contributed by atoms with Crippen molar-refractivity contribution in [1.82, 2.24) is 23.0 Å². The first-order chi connectivity index (χ1) is 18.1. The van der Waals surface area contributed by atoms with E-state index < -0.39 is 15.6 Å². The summed E-state index contributed by atoms with van der Waals surface area (Å²) in [4.78, 5) is 31.0. The van der Waals surface area contributed by atoms with E-state index in [9.17, 15) is 18.0 Å².